The molecular formula is C11H9NO4S. The number of carbonyl (C=O) groups excluding carboxylic acids is 2. The number of nitrogens with zero attached hydrogens (tertiary/aromatic N) is 1. The zero-order valence-corrected chi connectivity index (χ0v) is 9.77. The van der Waals surface area contributed by atoms with Crippen molar-refractivity contribution in [1.82, 2.24) is 0 Å². The second kappa shape index (κ2) is 3.81. The van der Waals surface area contributed by atoms with Crippen LogP contribution in [0.2, 0.25) is 0 Å². The van der Waals surface area contributed by atoms with E-state index in [1.165, 1.54) is 12.1 Å². The van der Waals surface area contributed by atoms with Gasteiger partial charge in [-0.2, -0.15) is 0 Å². The minimum Gasteiger partial charge on any atom is -0.269 e. The summed E-state index contributed by atoms with van der Waals surface area (Å²) in [5.41, 5.74) is 0.0926. The molecule has 0 radical (unpaired) electrons. The van der Waals surface area contributed by atoms with Gasteiger partial charge in [0.1, 0.15) is 0 Å². The van der Waals surface area contributed by atoms with E-state index < -0.39 is 21.7 Å². The smallest absolute Gasteiger partial charge is 0.258 e. The molecule has 1 aliphatic rings. The Morgan fingerprint density at radius 2 is 1.53 bits per heavy atom. The van der Waals surface area contributed by atoms with Gasteiger partial charge in [0.15, 0.2) is 9.84 Å². The number of carbonyl (C=O) groups is 2. The first-order valence-corrected chi connectivity index (χ1v) is 6.65. The standard InChI is InChI=1S/C11H9NO4S/c1-17(15,16)9-5-3-2-4-8(9)12-10(13)6-7-11(12)14/h2-7H,1H3. The van der Waals surface area contributed by atoms with Gasteiger partial charge in [-0.3, -0.25) is 9.59 Å². The maximum Gasteiger partial charge on any atom is 0.258 e. The molecule has 2 rings (SSSR count). The van der Waals surface area contributed by atoms with Crippen molar-refractivity contribution in [2.24, 2.45) is 0 Å². The van der Waals surface area contributed by atoms with Gasteiger partial charge in [0.2, 0.25) is 0 Å². The van der Waals surface area contributed by atoms with Crippen LogP contribution in [-0.2, 0) is 19.4 Å². The van der Waals surface area contributed by atoms with Crippen LogP contribution in [0.3, 0.4) is 0 Å². The zero-order valence-electron chi connectivity index (χ0n) is 8.95. The summed E-state index contributed by atoms with van der Waals surface area (Å²) in [7, 11) is -3.49. The fourth-order valence-electron chi connectivity index (χ4n) is 1.59. The van der Waals surface area contributed by atoms with E-state index in [9.17, 15) is 18.0 Å². The average Bonchev–Trinajstić information content (AvgIpc) is 2.57. The Bertz CT molecular complexity index is 613. The van der Waals surface area contributed by atoms with Gasteiger partial charge in [0.25, 0.3) is 11.8 Å². The monoisotopic (exact) mass is 251 g/mol. The lowest BCUT2D eigenvalue weighted by atomic mass is 10.3. The van der Waals surface area contributed by atoms with E-state index >= 15 is 0 Å². The van der Waals surface area contributed by atoms with E-state index in [0.29, 0.717) is 0 Å². The van der Waals surface area contributed by atoms with Crippen molar-refractivity contribution < 1.29 is 18.0 Å². The molecule has 0 fully saturated rings. The van der Waals surface area contributed by atoms with Crippen molar-refractivity contribution in [3.63, 3.8) is 0 Å². The van der Waals surface area contributed by atoms with E-state index in [0.717, 1.165) is 23.3 Å². The second-order valence-corrected chi connectivity index (χ2v) is 5.57. The highest BCUT2D eigenvalue weighted by Gasteiger charge is 2.29. The van der Waals surface area contributed by atoms with Crippen LogP contribution in [0.5, 0.6) is 0 Å². The van der Waals surface area contributed by atoms with Crippen LogP contribution in [0.15, 0.2) is 41.3 Å². The van der Waals surface area contributed by atoms with Crippen molar-refractivity contribution >= 4 is 27.3 Å². The van der Waals surface area contributed by atoms with E-state index in [1.807, 2.05) is 0 Å². The van der Waals surface area contributed by atoms with E-state index in [1.54, 1.807) is 12.1 Å². The summed E-state index contributed by atoms with van der Waals surface area (Å²) in [6, 6.07) is 5.91. The predicted octanol–water partition coefficient (Wildman–Crippen LogP) is 0.520. The van der Waals surface area contributed by atoms with E-state index in [4.69, 9.17) is 0 Å². The molecular weight excluding hydrogens is 242 g/mol. The molecule has 0 saturated carbocycles. The topological polar surface area (TPSA) is 71.5 Å². The number of hydrogen-bond donors (Lipinski definition) is 0. The molecule has 0 N–H and O–H groups in total. The third-order valence-electron chi connectivity index (χ3n) is 2.31. The lowest BCUT2D eigenvalue weighted by molar-refractivity contribution is -0.120. The Kier molecular flexibility index (Phi) is 2.59. The van der Waals surface area contributed by atoms with Crippen LogP contribution >= 0.6 is 0 Å². The van der Waals surface area contributed by atoms with Crippen molar-refractivity contribution in [2.45, 2.75) is 4.90 Å². The van der Waals surface area contributed by atoms with Crippen LogP contribution in [0.1, 0.15) is 0 Å². The summed E-state index contributed by atoms with van der Waals surface area (Å²) < 4.78 is 23.1. The molecule has 2 amide bonds. The fraction of sp³-hybridized carbons (Fsp3) is 0.0909. The van der Waals surface area contributed by atoms with Gasteiger partial charge in [0, 0.05) is 18.4 Å². The molecule has 6 heteroatoms. The summed E-state index contributed by atoms with van der Waals surface area (Å²) >= 11 is 0. The summed E-state index contributed by atoms with van der Waals surface area (Å²) in [5, 5.41) is 0. The Balaban J connectivity index is 2.62. The number of anilines is 1. The lowest BCUT2D eigenvalue weighted by Crippen LogP contribution is -2.30. The molecule has 88 valence electrons. The number of rotatable bonds is 2. The van der Waals surface area contributed by atoms with Crippen LogP contribution in [0.4, 0.5) is 5.69 Å². The molecule has 0 aliphatic carbocycles. The zero-order chi connectivity index (χ0) is 12.6. The minimum absolute atomic E-state index is 0.0367. The number of benzene rings is 1. The molecule has 0 saturated heterocycles. The molecule has 0 atom stereocenters. The first kappa shape index (κ1) is 11.5. The predicted molar refractivity (Wildman–Crippen MR) is 61.2 cm³/mol. The van der Waals surface area contributed by atoms with Crippen molar-refractivity contribution in [3.05, 3.63) is 36.4 Å². The Hall–Kier alpha value is -1.95. The van der Waals surface area contributed by atoms with Gasteiger partial charge in [-0.15, -0.1) is 0 Å². The van der Waals surface area contributed by atoms with E-state index in [2.05, 4.69) is 0 Å². The van der Waals surface area contributed by atoms with E-state index in [-0.39, 0.29) is 10.6 Å². The highest BCUT2D eigenvalue weighted by atomic mass is 32.2. The molecule has 0 aromatic heterocycles. The summed E-state index contributed by atoms with van der Waals surface area (Å²) in [6.07, 6.45) is 3.26. The third-order valence-corrected chi connectivity index (χ3v) is 3.46. The van der Waals surface area contributed by atoms with Gasteiger partial charge in [-0.1, -0.05) is 12.1 Å². The van der Waals surface area contributed by atoms with Crippen molar-refractivity contribution in [1.29, 1.82) is 0 Å². The normalized spacial score (nSPS) is 15.7. The third kappa shape index (κ3) is 1.99. The van der Waals surface area contributed by atoms with Gasteiger partial charge in [-0.05, 0) is 12.1 Å². The lowest BCUT2D eigenvalue weighted by Gasteiger charge is -2.16. The summed E-state index contributed by atoms with van der Waals surface area (Å²) in [5.74, 6) is -1.07. The largest absolute Gasteiger partial charge is 0.269 e. The van der Waals surface area contributed by atoms with Gasteiger partial charge in [-0.25, -0.2) is 13.3 Å². The Morgan fingerprint density at radius 3 is 2.06 bits per heavy atom. The molecule has 0 bridgehead atoms. The number of hydrogen-bond acceptors (Lipinski definition) is 4. The molecule has 17 heavy (non-hydrogen) atoms. The molecule has 0 unspecified atom stereocenters. The number of imide groups is 1. The summed E-state index contributed by atoms with van der Waals surface area (Å²) in [4.78, 5) is 23.8. The molecule has 0 spiro atoms. The highest BCUT2D eigenvalue weighted by Crippen LogP contribution is 2.27. The quantitative estimate of drug-likeness (QED) is 0.718. The Labute approximate surface area is 98.3 Å². The first-order valence-electron chi connectivity index (χ1n) is 4.76. The second-order valence-electron chi connectivity index (χ2n) is 3.59. The van der Waals surface area contributed by atoms with Crippen molar-refractivity contribution in [3.8, 4) is 0 Å². The first-order chi connectivity index (χ1) is 7.91. The molecule has 1 aliphatic heterocycles. The fourth-order valence-corrected chi connectivity index (χ4v) is 2.46. The van der Waals surface area contributed by atoms with Gasteiger partial charge < -0.3 is 0 Å². The molecule has 1 aromatic carbocycles. The SMILES string of the molecule is CS(=O)(=O)c1ccccc1N1C(=O)C=CC1=O. The number of para-hydroxylation sites is 1. The van der Waals surface area contributed by atoms with Crippen LogP contribution < -0.4 is 4.90 Å². The summed E-state index contributed by atoms with van der Waals surface area (Å²) in [6.45, 7) is 0. The van der Waals surface area contributed by atoms with Crippen LogP contribution in [0.25, 0.3) is 0 Å². The Morgan fingerprint density at radius 1 is 1.00 bits per heavy atom. The maximum atomic E-state index is 11.6. The molecule has 1 heterocycles. The average molecular weight is 251 g/mol. The number of amides is 2. The highest BCUT2D eigenvalue weighted by molar-refractivity contribution is 7.90. The van der Waals surface area contributed by atoms with Gasteiger partial charge >= 0.3 is 0 Å². The molecule has 1 aromatic rings. The maximum absolute atomic E-state index is 11.6. The van der Waals surface area contributed by atoms with Gasteiger partial charge in [0.05, 0.1) is 10.6 Å². The number of sulfone groups is 1. The van der Waals surface area contributed by atoms with Crippen molar-refractivity contribution in [2.75, 3.05) is 11.2 Å². The van der Waals surface area contributed by atoms with Crippen LogP contribution in [-0.4, -0.2) is 26.5 Å². The van der Waals surface area contributed by atoms with Crippen LogP contribution in [0, 0.1) is 0 Å². The molecule has 5 nitrogen and oxygen atoms in total. The minimum atomic E-state index is -3.49.